The zero-order valence-corrected chi connectivity index (χ0v) is 22.6. The summed E-state index contributed by atoms with van der Waals surface area (Å²) in [6, 6.07) is 10.8. The lowest BCUT2D eigenvalue weighted by molar-refractivity contribution is -0.106. The molecule has 1 saturated heterocycles. The molecule has 37 heavy (non-hydrogen) atoms. The van der Waals surface area contributed by atoms with Gasteiger partial charge < -0.3 is 32.0 Å². The molecular weight excluding hydrogens is 490 g/mol. The van der Waals surface area contributed by atoms with Crippen LogP contribution in [0.3, 0.4) is 0 Å². The summed E-state index contributed by atoms with van der Waals surface area (Å²) in [4.78, 5) is 20.4. The fourth-order valence-corrected chi connectivity index (χ4v) is 3.90. The number of hydrogen-bond acceptors (Lipinski definition) is 8. The Kier molecular flexibility index (Phi) is 15.2. The van der Waals surface area contributed by atoms with Gasteiger partial charge in [0.2, 0.25) is 6.41 Å². The zero-order chi connectivity index (χ0) is 27.6. The molecule has 2 aromatic rings. The first kappa shape index (κ1) is 31.5. The fraction of sp³-hybridized carbons (Fsp3) is 0.370. The van der Waals surface area contributed by atoms with Crippen molar-refractivity contribution >= 4 is 40.5 Å². The van der Waals surface area contributed by atoms with E-state index in [1.807, 2.05) is 44.4 Å². The summed E-state index contributed by atoms with van der Waals surface area (Å²) in [5, 5.41) is 13.2. The minimum Gasteiger partial charge on any atom is -0.493 e. The molecule has 4 rings (SSSR count). The van der Waals surface area contributed by atoms with Gasteiger partial charge in [0, 0.05) is 30.7 Å². The van der Waals surface area contributed by atoms with Gasteiger partial charge in [-0.2, -0.15) is 0 Å². The normalized spacial score (nSPS) is 14.9. The van der Waals surface area contributed by atoms with E-state index in [4.69, 9.17) is 31.1 Å². The molecular formula is C27H39N5O4S. The Balaban J connectivity index is 0.000000317. The van der Waals surface area contributed by atoms with Gasteiger partial charge in [-0.3, -0.25) is 15.0 Å². The van der Waals surface area contributed by atoms with Crippen LogP contribution in [0.15, 0.2) is 47.9 Å². The second-order valence-corrected chi connectivity index (χ2v) is 8.58. The van der Waals surface area contributed by atoms with E-state index in [2.05, 4.69) is 17.1 Å². The van der Waals surface area contributed by atoms with Crippen molar-refractivity contribution in [3.63, 3.8) is 0 Å². The van der Waals surface area contributed by atoms with Crippen LogP contribution in [0.25, 0.3) is 0 Å². The van der Waals surface area contributed by atoms with E-state index in [0.717, 1.165) is 43.8 Å². The SMILES string of the molecule is C/C=C/SC(=N)c1ccc2c(c1)CCO2.CC.NC=O.Nc1ccc(C(=O)NCC2CCCO2)cc1N. The van der Waals surface area contributed by atoms with Crippen LogP contribution in [-0.4, -0.2) is 43.2 Å². The lowest BCUT2D eigenvalue weighted by Crippen LogP contribution is -2.31. The average molecular weight is 530 g/mol. The number of carbonyl (C=O) groups excluding carboxylic acids is 2. The van der Waals surface area contributed by atoms with Crippen LogP contribution in [0.2, 0.25) is 0 Å². The van der Waals surface area contributed by atoms with Gasteiger partial charge in [0.05, 0.1) is 29.1 Å². The summed E-state index contributed by atoms with van der Waals surface area (Å²) in [6.45, 7) is 8.06. The maximum absolute atomic E-state index is 11.8. The second kappa shape index (κ2) is 17.9. The summed E-state index contributed by atoms with van der Waals surface area (Å²) in [7, 11) is 0. The summed E-state index contributed by atoms with van der Waals surface area (Å²) in [5.41, 5.74) is 19.0. The first-order valence-electron chi connectivity index (χ1n) is 12.2. The van der Waals surface area contributed by atoms with E-state index in [0.29, 0.717) is 28.5 Å². The number of amides is 2. The van der Waals surface area contributed by atoms with Crippen molar-refractivity contribution in [1.29, 1.82) is 5.41 Å². The molecule has 1 atom stereocenters. The third kappa shape index (κ3) is 11.0. The lowest BCUT2D eigenvalue weighted by atomic mass is 10.1. The minimum atomic E-state index is -0.146. The minimum absolute atomic E-state index is 0.144. The number of benzene rings is 2. The van der Waals surface area contributed by atoms with Crippen molar-refractivity contribution in [2.75, 3.05) is 31.2 Å². The molecule has 10 heteroatoms. The van der Waals surface area contributed by atoms with E-state index in [1.54, 1.807) is 18.2 Å². The first-order chi connectivity index (χ1) is 17.9. The van der Waals surface area contributed by atoms with Gasteiger partial charge in [-0.1, -0.05) is 31.7 Å². The summed E-state index contributed by atoms with van der Waals surface area (Å²) in [5.74, 6) is 0.829. The number of fused-ring (bicyclic) bond motifs is 1. The van der Waals surface area contributed by atoms with Gasteiger partial charge >= 0.3 is 0 Å². The van der Waals surface area contributed by atoms with E-state index < -0.39 is 0 Å². The van der Waals surface area contributed by atoms with Crippen LogP contribution in [0.1, 0.15) is 55.1 Å². The molecule has 1 unspecified atom stereocenters. The largest absolute Gasteiger partial charge is 0.493 e. The number of primary amides is 1. The highest BCUT2D eigenvalue weighted by atomic mass is 32.2. The number of nitrogen functional groups attached to an aromatic ring is 2. The van der Waals surface area contributed by atoms with Gasteiger partial charge in [-0.15, -0.1) is 0 Å². The quantitative estimate of drug-likeness (QED) is 0.168. The Bertz CT molecular complexity index is 1040. The van der Waals surface area contributed by atoms with Crippen molar-refractivity contribution in [1.82, 2.24) is 5.32 Å². The summed E-state index contributed by atoms with van der Waals surface area (Å²) >= 11 is 1.44. The van der Waals surface area contributed by atoms with Crippen molar-refractivity contribution < 1.29 is 19.1 Å². The molecule has 8 N–H and O–H groups in total. The maximum Gasteiger partial charge on any atom is 0.251 e. The van der Waals surface area contributed by atoms with Crippen molar-refractivity contribution in [3.8, 4) is 5.75 Å². The summed E-state index contributed by atoms with van der Waals surface area (Å²) in [6.07, 6.45) is 5.37. The molecule has 2 aliphatic rings. The average Bonchev–Trinajstić information content (AvgIpc) is 3.61. The number of nitrogens with one attached hydrogen (secondary N) is 2. The third-order valence-corrected chi connectivity index (χ3v) is 6.02. The molecule has 2 aromatic carbocycles. The van der Waals surface area contributed by atoms with E-state index in [9.17, 15) is 4.79 Å². The second-order valence-electron chi connectivity index (χ2n) is 7.66. The molecule has 2 aliphatic heterocycles. The van der Waals surface area contributed by atoms with Crippen LogP contribution < -0.4 is 27.3 Å². The number of hydrogen-bond donors (Lipinski definition) is 5. The van der Waals surface area contributed by atoms with Crippen molar-refractivity contribution in [2.24, 2.45) is 5.73 Å². The van der Waals surface area contributed by atoms with Gasteiger partial charge in [0.1, 0.15) is 5.75 Å². The Morgan fingerprint density at radius 3 is 2.46 bits per heavy atom. The van der Waals surface area contributed by atoms with Gasteiger partial charge in [-0.05, 0) is 67.1 Å². The highest BCUT2D eigenvalue weighted by Crippen LogP contribution is 2.27. The maximum atomic E-state index is 11.8. The van der Waals surface area contributed by atoms with Crippen molar-refractivity contribution in [2.45, 2.75) is 46.1 Å². The Hall–Kier alpha value is -3.50. The molecule has 9 nitrogen and oxygen atoms in total. The number of anilines is 2. The fourth-order valence-electron chi connectivity index (χ4n) is 3.36. The first-order valence-corrected chi connectivity index (χ1v) is 13.1. The molecule has 0 bridgehead atoms. The van der Waals surface area contributed by atoms with Crippen LogP contribution in [-0.2, 0) is 16.0 Å². The predicted molar refractivity (Wildman–Crippen MR) is 153 cm³/mol. The predicted octanol–water partition coefficient (Wildman–Crippen LogP) is 4.10. The highest BCUT2D eigenvalue weighted by molar-refractivity contribution is 8.16. The number of allylic oxidation sites excluding steroid dienone is 1. The van der Waals surface area contributed by atoms with E-state index in [1.165, 1.54) is 17.3 Å². The molecule has 0 spiro atoms. The molecule has 2 amide bonds. The van der Waals surface area contributed by atoms with Crippen molar-refractivity contribution in [3.05, 3.63) is 64.6 Å². The molecule has 0 aliphatic carbocycles. The monoisotopic (exact) mass is 529 g/mol. The number of rotatable bonds is 5. The molecule has 0 saturated carbocycles. The van der Waals surface area contributed by atoms with Crippen LogP contribution >= 0.6 is 11.8 Å². The Morgan fingerprint density at radius 1 is 1.14 bits per heavy atom. The highest BCUT2D eigenvalue weighted by Gasteiger charge is 2.17. The number of nitrogens with two attached hydrogens (primary N) is 3. The number of ether oxygens (including phenoxy) is 2. The number of carbonyl (C=O) groups is 2. The topological polar surface area (TPSA) is 167 Å². The Morgan fingerprint density at radius 2 is 1.84 bits per heavy atom. The van der Waals surface area contributed by atoms with Crippen LogP contribution in [0, 0.1) is 5.41 Å². The zero-order valence-electron chi connectivity index (χ0n) is 21.8. The van der Waals surface area contributed by atoms with Gasteiger partial charge in [0.25, 0.3) is 5.91 Å². The van der Waals surface area contributed by atoms with E-state index >= 15 is 0 Å². The third-order valence-electron chi connectivity index (χ3n) is 5.14. The molecule has 1 fully saturated rings. The molecule has 2 heterocycles. The van der Waals surface area contributed by atoms with Crippen LogP contribution in [0.4, 0.5) is 11.4 Å². The van der Waals surface area contributed by atoms with E-state index in [-0.39, 0.29) is 18.4 Å². The standard InChI is InChI=1S/C12H17N3O2.C12H13NOS.C2H6.CH3NO/c13-10-4-3-8(6-11(10)14)12(16)15-7-9-2-1-5-17-9;1-2-7-15-12(13)10-3-4-11-9(8-10)5-6-14-11;1-2;2-1-3/h3-4,6,9H,1-2,5,7,13-14H2,(H,15,16);2-4,7-8,13H,5-6H2,1H3;1-2H3;1H,(H2,2,3)/b;7-2+,13-12?;;. The van der Waals surface area contributed by atoms with Gasteiger partial charge in [0.15, 0.2) is 0 Å². The lowest BCUT2D eigenvalue weighted by Gasteiger charge is -2.11. The number of thioether (sulfide) groups is 1. The molecule has 202 valence electrons. The van der Waals surface area contributed by atoms with Crippen LogP contribution in [0.5, 0.6) is 5.75 Å². The molecule has 0 aromatic heterocycles. The van der Waals surface area contributed by atoms with Gasteiger partial charge in [-0.25, -0.2) is 0 Å². The summed E-state index contributed by atoms with van der Waals surface area (Å²) < 4.78 is 10.8. The smallest absolute Gasteiger partial charge is 0.251 e. The Labute approximate surface area is 223 Å². The molecule has 0 radical (unpaired) electrons.